The number of aromatic nitrogens is 2. The van der Waals surface area contributed by atoms with E-state index in [4.69, 9.17) is 40.8 Å². The lowest BCUT2D eigenvalue weighted by Gasteiger charge is -2.31. The summed E-state index contributed by atoms with van der Waals surface area (Å²) in [6, 6.07) is 0. The van der Waals surface area contributed by atoms with E-state index in [1.165, 1.54) is 11.7 Å². The second-order valence-electron chi connectivity index (χ2n) is 6.04. The maximum absolute atomic E-state index is 12.1. The molecule has 1 heterocycles. The van der Waals surface area contributed by atoms with Crippen LogP contribution in [0, 0.1) is 6.92 Å². The predicted molar refractivity (Wildman–Crippen MR) is 109 cm³/mol. The van der Waals surface area contributed by atoms with E-state index in [-0.39, 0.29) is 12.4 Å². The number of methoxy groups -OCH3 is 1. The van der Waals surface area contributed by atoms with Crippen LogP contribution < -0.4 is 11.4 Å². The molecule has 0 aliphatic rings. The summed E-state index contributed by atoms with van der Waals surface area (Å²) in [6.45, 7) is 2.73. The van der Waals surface area contributed by atoms with Gasteiger partial charge in [-0.3, -0.25) is 4.57 Å². The molecule has 28 heavy (non-hydrogen) atoms. The summed E-state index contributed by atoms with van der Waals surface area (Å²) in [6.07, 6.45) is 0.190. The molecule has 0 amide bonds. The van der Waals surface area contributed by atoms with Crippen molar-refractivity contribution in [3.63, 3.8) is 0 Å². The quantitative estimate of drug-likeness (QED) is 0.343. The van der Waals surface area contributed by atoms with Crippen LogP contribution >= 0.6 is 6.72 Å². The average Bonchev–Trinajstić information content (AvgIpc) is 2.65. The topological polar surface area (TPSA) is 127 Å². The maximum atomic E-state index is 12.1. The molecule has 3 N–H and O–H groups in total. The highest BCUT2D eigenvalue weighted by Gasteiger charge is 2.30. The van der Waals surface area contributed by atoms with Gasteiger partial charge in [0.15, 0.2) is 0 Å². The SMILES string of the molecule is CC[C@H](OC(C)n1cc(C)c(N)nc1=O)C(COCCOC)OP(O)(=S)OC. The van der Waals surface area contributed by atoms with E-state index < -0.39 is 30.8 Å². The molecule has 0 bridgehead atoms. The van der Waals surface area contributed by atoms with Gasteiger partial charge < -0.3 is 33.9 Å². The van der Waals surface area contributed by atoms with Crippen molar-refractivity contribution < 1.29 is 28.2 Å². The molecule has 0 radical (unpaired) electrons. The van der Waals surface area contributed by atoms with Crippen molar-refractivity contribution in [3.8, 4) is 0 Å². The fourth-order valence-corrected chi connectivity index (χ4v) is 3.32. The molecule has 0 saturated heterocycles. The number of ether oxygens (including phenoxy) is 3. The van der Waals surface area contributed by atoms with E-state index in [1.807, 2.05) is 6.92 Å². The zero-order valence-electron chi connectivity index (χ0n) is 16.9. The lowest BCUT2D eigenvalue weighted by atomic mass is 10.1. The third-order valence-corrected chi connectivity index (χ3v) is 5.67. The van der Waals surface area contributed by atoms with Crippen LogP contribution in [-0.2, 0) is 35.1 Å². The lowest BCUT2D eigenvalue weighted by molar-refractivity contribution is -0.115. The molecule has 0 spiro atoms. The van der Waals surface area contributed by atoms with Gasteiger partial charge in [-0.15, -0.1) is 0 Å². The largest absolute Gasteiger partial charge is 0.383 e. The Morgan fingerprint density at radius 1 is 1.36 bits per heavy atom. The molecule has 1 aromatic heterocycles. The summed E-state index contributed by atoms with van der Waals surface area (Å²) in [5, 5.41) is 0. The number of anilines is 1. The zero-order chi connectivity index (χ0) is 21.3. The molecule has 3 unspecified atom stereocenters. The summed E-state index contributed by atoms with van der Waals surface area (Å²) >= 11 is 4.96. The van der Waals surface area contributed by atoms with Crippen molar-refractivity contribution in [2.75, 3.05) is 39.8 Å². The van der Waals surface area contributed by atoms with Gasteiger partial charge in [-0.25, -0.2) is 4.79 Å². The summed E-state index contributed by atoms with van der Waals surface area (Å²) in [4.78, 5) is 26.0. The summed E-state index contributed by atoms with van der Waals surface area (Å²) in [5.74, 6) is 0.175. The van der Waals surface area contributed by atoms with Gasteiger partial charge in [0.2, 0.25) is 0 Å². The summed E-state index contributed by atoms with van der Waals surface area (Å²) in [5.41, 5.74) is 5.80. The van der Waals surface area contributed by atoms with Crippen LogP contribution in [-0.4, -0.2) is 60.7 Å². The van der Waals surface area contributed by atoms with Crippen molar-refractivity contribution in [2.45, 2.75) is 45.6 Å². The molecule has 12 heteroatoms. The van der Waals surface area contributed by atoms with Crippen molar-refractivity contribution >= 4 is 24.3 Å². The molecular weight excluding hydrogens is 409 g/mol. The minimum absolute atomic E-state index is 0.102. The fraction of sp³-hybridized carbons (Fsp3) is 0.750. The number of rotatable bonds is 13. The first-order valence-electron chi connectivity index (χ1n) is 8.79. The summed E-state index contributed by atoms with van der Waals surface area (Å²) in [7, 11) is 2.84. The molecule has 1 rings (SSSR count). The fourth-order valence-electron chi connectivity index (χ4n) is 2.37. The Kier molecular flexibility index (Phi) is 10.7. The first kappa shape index (κ1) is 25.1. The molecule has 162 valence electrons. The number of nitrogens with zero attached hydrogens (tertiary/aromatic N) is 2. The Morgan fingerprint density at radius 3 is 2.61 bits per heavy atom. The Hall–Kier alpha value is -0.910. The van der Waals surface area contributed by atoms with Crippen LogP contribution in [0.15, 0.2) is 11.0 Å². The second-order valence-corrected chi connectivity index (χ2v) is 8.94. The van der Waals surface area contributed by atoms with Crippen molar-refractivity contribution in [3.05, 3.63) is 22.2 Å². The highest BCUT2D eigenvalue weighted by molar-refractivity contribution is 8.07. The normalized spacial score (nSPS) is 17.1. The lowest BCUT2D eigenvalue weighted by Crippen LogP contribution is -2.38. The zero-order valence-corrected chi connectivity index (χ0v) is 18.6. The minimum atomic E-state index is -3.45. The number of nitrogens with two attached hydrogens (primary N) is 1. The van der Waals surface area contributed by atoms with E-state index in [9.17, 15) is 9.69 Å². The Labute approximate surface area is 170 Å². The van der Waals surface area contributed by atoms with Crippen molar-refractivity contribution in [2.24, 2.45) is 0 Å². The smallest absolute Gasteiger partial charge is 0.351 e. The van der Waals surface area contributed by atoms with Crippen molar-refractivity contribution in [1.29, 1.82) is 0 Å². The van der Waals surface area contributed by atoms with Crippen LogP contribution in [0.25, 0.3) is 0 Å². The Balaban J connectivity index is 2.97. The van der Waals surface area contributed by atoms with E-state index >= 15 is 0 Å². The molecule has 10 nitrogen and oxygen atoms in total. The first-order chi connectivity index (χ1) is 13.1. The van der Waals surface area contributed by atoms with E-state index in [0.29, 0.717) is 25.2 Å². The van der Waals surface area contributed by atoms with Gasteiger partial charge in [-0.05, 0) is 32.1 Å². The molecule has 0 aliphatic heterocycles. The van der Waals surface area contributed by atoms with Crippen LogP contribution in [0.1, 0.15) is 32.1 Å². The molecule has 0 saturated carbocycles. The van der Waals surface area contributed by atoms with Gasteiger partial charge >= 0.3 is 12.4 Å². The number of nitrogen functional groups attached to an aromatic ring is 1. The number of hydrogen-bond acceptors (Lipinski definition) is 9. The minimum Gasteiger partial charge on any atom is -0.383 e. The average molecular weight is 439 g/mol. The van der Waals surface area contributed by atoms with Crippen molar-refractivity contribution in [1.82, 2.24) is 9.55 Å². The molecule has 0 aliphatic carbocycles. The van der Waals surface area contributed by atoms with E-state index in [2.05, 4.69) is 4.98 Å². The Morgan fingerprint density at radius 2 is 2.04 bits per heavy atom. The van der Waals surface area contributed by atoms with Gasteiger partial charge in [0.05, 0.1) is 25.9 Å². The van der Waals surface area contributed by atoms with E-state index in [0.717, 1.165) is 0 Å². The van der Waals surface area contributed by atoms with Gasteiger partial charge in [0.1, 0.15) is 18.1 Å². The van der Waals surface area contributed by atoms with Gasteiger partial charge in [0, 0.05) is 26.0 Å². The van der Waals surface area contributed by atoms with Gasteiger partial charge in [-0.1, -0.05) is 6.92 Å². The predicted octanol–water partition coefficient (Wildman–Crippen LogP) is 1.36. The van der Waals surface area contributed by atoms with Crippen LogP contribution in [0.2, 0.25) is 0 Å². The summed E-state index contributed by atoms with van der Waals surface area (Å²) < 4.78 is 28.3. The third kappa shape index (κ3) is 7.84. The van der Waals surface area contributed by atoms with Crippen LogP contribution in [0.5, 0.6) is 0 Å². The van der Waals surface area contributed by atoms with Crippen LogP contribution in [0.4, 0.5) is 5.82 Å². The molecule has 0 fully saturated rings. The van der Waals surface area contributed by atoms with Gasteiger partial charge in [-0.2, -0.15) is 4.98 Å². The highest BCUT2D eigenvalue weighted by atomic mass is 32.5. The number of aryl methyl sites for hydroxylation is 1. The van der Waals surface area contributed by atoms with Crippen LogP contribution in [0.3, 0.4) is 0 Å². The number of hydrogen-bond donors (Lipinski definition) is 2. The molecule has 0 aromatic carbocycles. The molecule has 1 aromatic rings. The maximum Gasteiger partial charge on any atom is 0.351 e. The molecule has 4 atom stereocenters. The third-order valence-electron chi connectivity index (χ3n) is 3.97. The standard InChI is InChI=1S/C16H30N3O7PS/c1-6-13(14(10-24-8-7-22-4)26-27(21,28)23-5)25-12(3)19-9-11(2)15(17)18-16(19)20/h9,12-14H,6-8,10H2,1-5H3,(H,21,28)(H2,17,18,20)/t12?,13-,14?,27?/m0/s1. The molecular formula is C16H30N3O7PS. The Bertz CT molecular complexity index is 718. The second kappa shape index (κ2) is 11.9. The monoisotopic (exact) mass is 439 g/mol. The highest BCUT2D eigenvalue weighted by Crippen LogP contribution is 2.45. The van der Waals surface area contributed by atoms with Gasteiger partial charge in [0.25, 0.3) is 0 Å². The van der Waals surface area contributed by atoms with E-state index in [1.54, 1.807) is 27.2 Å². The first-order valence-corrected chi connectivity index (χ1v) is 11.4.